The Bertz CT molecular complexity index is 718. The number of pyridine rings is 1. The van der Waals surface area contributed by atoms with Crippen LogP contribution in [0.4, 0.5) is 5.82 Å². The van der Waals surface area contributed by atoms with Crippen molar-refractivity contribution in [1.82, 2.24) is 9.88 Å². The number of amides is 1. The van der Waals surface area contributed by atoms with Crippen LogP contribution in [0.3, 0.4) is 0 Å². The third kappa shape index (κ3) is 6.25. The predicted molar refractivity (Wildman–Crippen MR) is 113 cm³/mol. The second-order valence-electron chi connectivity index (χ2n) is 7.39. The zero-order valence-corrected chi connectivity index (χ0v) is 16.8. The molecule has 0 aliphatic carbocycles. The summed E-state index contributed by atoms with van der Waals surface area (Å²) in [5.41, 5.74) is 1.04. The van der Waals surface area contributed by atoms with Gasteiger partial charge in [0.25, 0.3) is 0 Å². The third-order valence-electron chi connectivity index (χ3n) is 5.14. The number of benzene rings is 1. The maximum atomic E-state index is 12.7. The summed E-state index contributed by atoms with van der Waals surface area (Å²) < 4.78 is 5.69. The van der Waals surface area contributed by atoms with E-state index >= 15 is 0 Å². The van der Waals surface area contributed by atoms with Crippen molar-refractivity contribution in [3.05, 3.63) is 54.2 Å². The summed E-state index contributed by atoms with van der Waals surface area (Å²) >= 11 is 0. The van der Waals surface area contributed by atoms with E-state index in [1.807, 2.05) is 47.4 Å². The molecule has 0 spiro atoms. The lowest BCUT2D eigenvalue weighted by Crippen LogP contribution is -2.33. The zero-order chi connectivity index (χ0) is 19.6. The number of ether oxygens (including phenoxy) is 1. The topological polar surface area (TPSA) is 54.5 Å². The second kappa shape index (κ2) is 10.7. The number of carbonyl (C=O) groups excluding carboxylic acids is 1. The number of anilines is 1. The van der Waals surface area contributed by atoms with E-state index in [0.29, 0.717) is 12.5 Å². The molecular weight excluding hydrogens is 350 g/mol. The van der Waals surface area contributed by atoms with Crippen LogP contribution in [-0.2, 0) is 11.2 Å². The van der Waals surface area contributed by atoms with Crippen molar-refractivity contribution in [2.75, 3.05) is 25.0 Å². The normalized spacial score (nSPS) is 17.0. The molecule has 1 aromatic heterocycles. The van der Waals surface area contributed by atoms with Gasteiger partial charge in [-0.15, -0.1) is 0 Å². The van der Waals surface area contributed by atoms with E-state index in [0.717, 1.165) is 68.9 Å². The maximum absolute atomic E-state index is 12.7. The Labute approximate surface area is 168 Å². The van der Waals surface area contributed by atoms with E-state index in [1.165, 1.54) is 0 Å². The molecule has 3 rings (SSSR count). The fourth-order valence-electron chi connectivity index (χ4n) is 3.47. The Morgan fingerprint density at radius 1 is 1.18 bits per heavy atom. The van der Waals surface area contributed by atoms with Crippen LogP contribution in [0.25, 0.3) is 0 Å². The lowest BCUT2D eigenvalue weighted by atomic mass is 10.1. The van der Waals surface area contributed by atoms with Crippen LogP contribution in [0.5, 0.6) is 5.75 Å². The first kappa shape index (κ1) is 20.2. The first-order valence-electron chi connectivity index (χ1n) is 10.4. The number of nitrogens with one attached hydrogen (secondary N) is 1. The SMILES string of the molecule is CCCCOc1ccc(CC(=O)N2CCCC(Nc3ccccn3)CC2)cc1. The van der Waals surface area contributed by atoms with E-state index in [9.17, 15) is 4.79 Å². The molecule has 1 N–H and O–H groups in total. The first-order valence-corrected chi connectivity index (χ1v) is 10.4. The summed E-state index contributed by atoms with van der Waals surface area (Å²) in [4.78, 5) is 19.1. The van der Waals surface area contributed by atoms with Crippen molar-refractivity contribution in [3.8, 4) is 5.75 Å². The van der Waals surface area contributed by atoms with Gasteiger partial charge < -0.3 is 15.0 Å². The van der Waals surface area contributed by atoms with Crippen molar-refractivity contribution in [1.29, 1.82) is 0 Å². The highest BCUT2D eigenvalue weighted by molar-refractivity contribution is 5.78. The number of carbonyl (C=O) groups is 1. The van der Waals surface area contributed by atoms with Crippen molar-refractivity contribution >= 4 is 11.7 Å². The van der Waals surface area contributed by atoms with Crippen molar-refractivity contribution in [2.24, 2.45) is 0 Å². The molecule has 2 aromatic rings. The summed E-state index contributed by atoms with van der Waals surface area (Å²) in [5.74, 6) is 1.99. The van der Waals surface area contributed by atoms with Crippen molar-refractivity contribution in [3.63, 3.8) is 0 Å². The van der Waals surface area contributed by atoms with Gasteiger partial charge in [0.15, 0.2) is 0 Å². The van der Waals surface area contributed by atoms with Gasteiger partial charge >= 0.3 is 0 Å². The molecule has 28 heavy (non-hydrogen) atoms. The van der Waals surface area contributed by atoms with Crippen LogP contribution in [0, 0.1) is 0 Å². The lowest BCUT2D eigenvalue weighted by molar-refractivity contribution is -0.130. The molecule has 1 amide bonds. The van der Waals surface area contributed by atoms with Gasteiger partial charge in [0.1, 0.15) is 11.6 Å². The Kier molecular flexibility index (Phi) is 7.71. The number of rotatable bonds is 8. The van der Waals surface area contributed by atoms with Gasteiger partial charge in [0.2, 0.25) is 5.91 Å². The van der Waals surface area contributed by atoms with Gasteiger partial charge in [-0.05, 0) is 55.5 Å². The second-order valence-corrected chi connectivity index (χ2v) is 7.39. The molecule has 5 heteroatoms. The molecule has 1 fully saturated rings. The number of hydrogen-bond donors (Lipinski definition) is 1. The van der Waals surface area contributed by atoms with E-state index < -0.39 is 0 Å². The summed E-state index contributed by atoms with van der Waals surface area (Å²) in [6.07, 6.45) is 7.46. The van der Waals surface area contributed by atoms with Gasteiger partial charge in [-0.3, -0.25) is 4.79 Å². The Hall–Kier alpha value is -2.56. The highest BCUT2D eigenvalue weighted by Gasteiger charge is 2.20. The highest BCUT2D eigenvalue weighted by atomic mass is 16.5. The minimum atomic E-state index is 0.207. The first-order chi connectivity index (χ1) is 13.7. The molecule has 1 atom stereocenters. The van der Waals surface area contributed by atoms with Crippen LogP contribution in [-0.4, -0.2) is 41.5 Å². The van der Waals surface area contributed by atoms with Gasteiger partial charge in [0.05, 0.1) is 13.0 Å². The number of unbranched alkanes of at least 4 members (excludes halogenated alkanes) is 1. The molecule has 1 aromatic carbocycles. The molecule has 0 radical (unpaired) electrons. The quantitative estimate of drug-likeness (QED) is 0.693. The minimum absolute atomic E-state index is 0.207. The van der Waals surface area contributed by atoms with Crippen LogP contribution in [0.1, 0.15) is 44.6 Å². The van der Waals surface area contributed by atoms with E-state index in [4.69, 9.17) is 4.74 Å². The number of nitrogens with zero attached hydrogens (tertiary/aromatic N) is 2. The Morgan fingerprint density at radius 2 is 2.04 bits per heavy atom. The fourth-order valence-corrected chi connectivity index (χ4v) is 3.47. The van der Waals surface area contributed by atoms with Crippen molar-refractivity contribution in [2.45, 2.75) is 51.5 Å². The molecule has 150 valence electrons. The smallest absolute Gasteiger partial charge is 0.226 e. The van der Waals surface area contributed by atoms with E-state index in [1.54, 1.807) is 6.20 Å². The van der Waals surface area contributed by atoms with Gasteiger partial charge in [-0.25, -0.2) is 4.98 Å². The molecule has 1 saturated heterocycles. The van der Waals surface area contributed by atoms with E-state index in [-0.39, 0.29) is 5.91 Å². The standard InChI is InChI=1S/C23H31N3O2/c1-2-3-17-28-21-11-9-19(10-12-21)18-23(27)26-15-6-7-20(13-16-26)25-22-8-4-5-14-24-22/h4-5,8-12,14,20H,2-3,6-7,13,15-18H2,1H3,(H,24,25). The predicted octanol–water partition coefficient (Wildman–Crippen LogP) is 4.30. The summed E-state index contributed by atoms with van der Waals surface area (Å²) in [6, 6.07) is 14.2. The molecule has 0 saturated carbocycles. The summed E-state index contributed by atoms with van der Waals surface area (Å²) in [6.45, 7) is 4.52. The van der Waals surface area contributed by atoms with Crippen LogP contribution in [0.15, 0.2) is 48.7 Å². The molecule has 2 heterocycles. The number of likely N-dealkylation sites (tertiary alicyclic amines) is 1. The molecule has 1 unspecified atom stereocenters. The minimum Gasteiger partial charge on any atom is -0.494 e. The average molecular weight is 382 g/mol. The molecule has 1 aliphatic heterocycles. The fraction of sp³-hybridized carbons (Fsp3) is 0.478. The monoisotopic (exact) mass is 381 g/mol. The molecule has 0 bridgehead atoms. The number of aromatic nitrogens is 1. The summed E-state index contributed by atoms with van der Waals surface area (Å²) in [7, 11) is 0. The van der Waals surface area contributed by atoms with Crippen LogP contribution >= 0.6 is 0 Å². The van der Waals surface area contributed by atoms with Gasteiger partial charge in [-0.2, -0.15) is 0 Å². The number of hydrogen-bond acceptors (Lipinski definition) is 4. The Morgan fingerprint density at radius 3 is 2.79 bits per heavy atom. The van der Waals surface area contributed by atoms with E-state index in [2.05, 4.69) is 17.2 Å². The van der Waals surface area contributed by atoms with Gasteiger partial charge in [-0.1, -0.05) is 31.5 Å². The average Bonchev–Trinajstić information content (AvgIpc) is 2.96. The molecule has 1 aliphatic rings. The zero-order valence-electron chi connectivity index (χ0n) is 16.8. The Balaban J connectivity index is 1.46. The van der Waals surface area contributed by atoms with Gasteiger partial charge in [0, 0.05) is 25.3 Å². The van der Waals surface area contributed by atoms with Crippen molar-refractivity contribution < 1.29 is 9.53 Å². The largest absolute Gasteiger partial charge is 0.494 e. The summed E-state index contributed by atoms with van der Waals surface area (Å²) in [5, 5.41) is 3.49. The molecule has 5 nitrogen and oxygen atoms in total. The molecular formula is C23H31N3O2. The third-order valence-corrected chi connectivity index (χ3v) is 5.14. The van der Waals surface area contributed by atoms with Crippen LogP contribution < -0.4 is 10.1 Å². The maximum Gasteiger partial charge on any atom is 0.226 e. The van der Waals surface area contributed by atoms with Crippen LogP contribution in [0.2, 0.25) is 0 Å². The lowest BCUT2D eigenvalue weighted by Gasteiger charge is -2.21. The highest BCUT2D eigenvalue weighted by Crippen LogP contribution is 2.18.